The van der Waals surface area contributed by atoms with Crippen LogP contribution in [0.3, 0.4) is 0 Å². The van der Waals surface area contributed by atoms with E-state index in [1.54, 1.807) is 0 Å². The minimum absolute atomic E-state index is 0.127. The summed E-state index contributed by atoms with van der Waals surface area (Å²) in [6, 6.07) is 1.33. The first-order valence-corrected chi connectivity index (χ1v) is 5.50. The van der Waals surface area contributed by atoms with Gasteiger partial charge < -0.3 is 10.6 Å². The Hall–Kier alpha value is -1.30. The van der Waals surface area contributed by atoms with Crippen LogP contribution in [0.25, 0.3) is 0 Å². The van der Waals surface area contributed by atoms with Crippen LogP contribution < -0.4 is 10.6 Å². The summed E-state index contributed by atoms with van der Waals surface area (Å²) < 4.78 is 39.0. The van der Waals surface area contributed by atoms with Crippen molar-refractivity contribution in [3.8, 4) is 0 Å². The molecule has 0 atom stereocenters. The van der Waals surface area contributed by atoms with Crippen LogP contribution in [-0.2, 0) is 0 Å². The number of benzene rings is 1. The van der Waals surface area contributed by atoms with E-state index in [0.717, 1.165) is 6.07 Å². The predicted octanol–water partition coefficient (Wildman–Crippen LogP) is 3.05. The van der Waals surface area contributed by atoms with Gasteiger partial charge in [-0.3, -0.25) is 0 Å². The van der Waals surface area contributed by atoms with Crippen LogP contribution in [0, 0.1) is 23.4 Å². The van der Waals surface area contributed by atoms with Crippen LogP contribution in [0.2, 0.25) is 0 Å². The van der Waals surface area contributed by atoms with Crippen LogP contribution in [-0.4, -0.2) is 11.7 Å². The highest BCUT2D eigenvalue weighted by Crippen LogP contribution is 2.18. The maximum atomic E-state index is 13.2. The van der Waals surface area contributed by atoms with Crippen molar-refractivity contribution < 1.29 is 13.2 Å². The Labute approximate surface area is 103 Å². The molecule has 0 aliphatic carbocycles. The number of thiocarbonyl (C=S) groups is 1. The lowest BCUT2D eigenvalue weighted by molar-refractivity contribution is 0.498. The Bertz CT molecular complexity index is 421. The van der Waals surface area contributed by atoms with Gasteiger partial charge in [0.2, 0.25) is 0 Å². The number of hydrogen-bond acceptors (Lipinski definition) is 1. The standard InChI is InChI=1S/C11H13F3N2S/c1-6(2)5-15-11(17)16-9-4-7(12)3-8(13)10(9)14/h3-4,6H,5H2,1-2H3,(H2,15,16,17). The largest absolute Gasteiger partial charge is 0.362 e. The smallest absolute Gasteiger partial charge is 0.182 e. The Balaban J connectivity index is 2.71. The van der Waals surface area contributed by atoms with Crippen molar-refractivity contribution in [3.05, 3.63) is 29.6 Å². The third-order valence-corrected chi connectivity index (χ3v) is 2.16. The Morgan fingerprint density at radius 2 is 1.94 bits per heavy atom. The van der Waals surface area contributed by atoms with Crippen molar-refractivity contribution in [2.75, 3.05) is 11.9 Å². The van der Waals surface area contributed by atoms with E-state index in [1.807, 2.05) is 13.8 Å². The number of nitrogens with one attached hydrogen (secondary N) is 2. The van der Waals surface area contributed by atoms with Crippen molar-refractivity contribution in [2.24, 2.45) is 5.92 Å². The summed E-state index contributed by atoms with van der Waals surface area (Å²) in [6.45, 7) is 4.53. The molecule has 1 aromatic rings. The highest BCUT2D eigenvalue weighted by Gasteiger charge is 2.11. The zero-order valence-electron chi connectivity index (χ0n) is 9.48. The Morgan fingerprint density at radius 3 is 2.53 bits per heavy atom. The van der Waals surface area contributed by atoms with Gasteiger partial charge in [0.15, 0.2) is 16.7 Å². The minimum atomic E-state index is -1.25. The number of anilines is 1. The Kier molecular flexibility index (Phi) is 4.74. The average Bonchev–Trinajstić information content (AvgIpc) is 2.22. The first kappa shape index (κ1) is 13.8. The molecule has 0 aliphatic heterocycles. The first-order valence-electron chi connectivity index (χ1n) is 5.09. The molecule has 0 aliphatic rings. The molecule has 0 amide bonds. The number of hydrogen-bond donors (Lipinski definition) is 2. The summed E-state index contributed by atoms with van der Waals surface area (Å²) in [5.74, 6) is -2.92. The SMILES string of the molecule is CC(C)CNC(=S)Nc1cc(F)cc(F)c1F. The van der Waals surface area contributed by atoms with Gasteiger partial charge >= 0.3 is 0 Å². The second-order valence-corrected chi connectivity index (χ2v) is 4.39. The van der Waals surface area contributed by atoms with Gasteiger partial charge in [-0.05, 0) is 18.1 Å². The molecule has 2 nitrogen and oxygen atoms in total. The van der Waals surface area contributed by atoms with Crippen molar-refractivity contribution in [2.45, 2.75) is 13.8 Å². The van der Waals surface area contributed by atoms with Crippen LogP contribution in [0.5, 0.6) is 0 Å². The van der Waals surface area contributed by atoms with E-state index < -0.39 is 17.5 Å². The lowest BCUT2D eigenvalue weighted by atomic mass is 10.2. The highest BCUT2D eigenvalue weighted by molar-refractivity contribution is 7.80. The topological polar surface area (TPSA) is 24.1 Å². The molecule has 0 fully saturated rings. The van der Waals surface area contributed by atoms with Crippen molar-refractivity contribution in [1.82, 2.24) is 5.32 Å². The maximum absolute atomic E-state index is 13.2. The molecule has 1 rings (SSSR count). The molecular weight excluding hydrogens is 249 g/mol. The van der Waals surface area contributed by atoms with E-state index in [-0.39, 0.29) is 10.8 Å². The van der Waals surface area contributed by atoms with Crippen LogP contribution in [0.15, 0.2) is 12.1 Å². The molecule has 0 radical (unpaired) electrons. The van der Waals surface area contributed by atoms with E-state index in [4.69, 9.17) is 12.2 Å². The Morgan fingerprint density at radius 1 is 1.29 bits per heavy atom. The molecule has 2 N–H and O–H groups in total. The molecule has 0 bridgehead atoms. The fourth-order valence-corrected chi connectivity index (χ4v) is 1.30. The van der Waals surface area contributed by atoms with Crippen LogP contribution in [0.4, 0.5) is 18.9 Å². The van der Waals surface area contributed by atoms with Crippen molar-refractivity contribution >= 4 is 23.0 Å². The zero-order chi connectivity index (χ0) is 13.0. The summed E-state index contributed by atoms with van der Waals surface area (Å²) in [5.41, 5.74) is -0.316. The summed E-state index contributed by atoms with van der Waals surface area (Å²) in [6.07, 6.45) is 0. The first-order chi connectivity index (χ1) is 7.90. The fraction of sp³-hybridized carbons (Fsp3) is 0.364. The van der Waals surface area contributed by atoms with Gasteiger partial charge in [0.25, 0.3) is 0 Å². The van der Waals surface area contributed by atoms with Crippen molar-refractivity contribution in [1.29, 1.82) is 0 Å². The van der Waals surface area contributed by atoms with E-state index in [0.29, 0.717) is 18.5 Å². The van der Waals surface area contributed by atoms with E-state index in [9.17, 15) is 13.2 Å². The van der Waals surface area contributed by atoms with E-state index >= 15 is 0 Å². The number of halogens is 3. The summed E-state index contributed by atoms with van der Waals surface area (Å²) in [7, 11) is 0. The van der Waals surface area contributed by atoms with E-state index in [1.165, 1.54) is 0 Å². The summed E-state index contributed by atoms with van der Waals surface area (Å²) >= 11 is 4.87. The number of rotatable bonds is 3. The van der Waals surface area contributed by atoms with Gasteiger partial charge in [0.05, 0.1) is 5.69 Å². The minimum Gasteiger partial charge on any atom is -0.362 e. The maximum Gasteiger partial charge on any atom is 0.182 e. The van der Waals surface area contributed by atoms with Gasteiger partial charge in [-0.1, -0.05) is 13.8 Å². The average molecular weight is 262 g/mol. The second kappa shape index (κ2) is 5.86. The third-order valence-electron chi connectivity index (χ3n) is 1.91. The van der Waals surface area contributed by atoms with Crippen molar-refractivity contribution in [3.63, 3.8) is 0 Å². The zero-order valence-corrected chi connectivity index (χ0v) is 10.3. The molecule has 0 spiro atoms. The predicted molar refractivity (Wildman–Crippen MR) is 65.4 cm³/mol. The quantitative estimate of drug-likeness (QED) is 0.646. The van der Waals surface area contributed by atoms with Gasteiger partial charge in [-0.15, -0.1) is 0 Å². The second-order valence-electron chi connectivity index (χ2n) is 3.98. The monoisotopic (exact) mass is 262 g/mol. The molecule has 0 heterocycles. The molecule has 0 unspecified atom stereocenters. The molecule has 1 aromatic carbocycles. The lowest BCUT2D eigenvalue weighted by Crippen LogP contribution is -2.31. The van der Waals surface area contributed by atoms with Crippen LogP contribution >= 0.6 is 12.2 Å². The normalized spacial score (nSPS) is 10.5. The van der Waals surface area contributed by atoms with Gasteiger partial charge in [-0.2, -0.15) is 0 Å². The van der Waals surface area contributed by atoms with Gasteiger partial charge in [0.1, 0.15) is 5.82 Å². The molecule has 0 aromatic heterocycles. The molecule has 17 heavy (non-hydrogen) atoms. The fourth-order valence-electron chi connectivity index (χ4n) is 1.11. The van der Waals surface area contributed by atoms with Gasteiger partial charge in [0, 0.05) is 18.7 Å². The molecule has 6 heteroatoms. The molecule has 94 valence electrons. The van der Waals surface area contributed by atoms with E-state index in [2.05, 4.69) is 10.6 Å². The highest BCUT2D eigenvalue weighted by atomic mass is 32.1. The summed E-state index contributed by atoms with van der Waals surface area (Å²) in [4.78, 5) is 0. The molecule has 0 saturated heterocycles. The molecule has 0 saturated carbocycles. The van der Waals surface area contributed by atoms with Gasteiger partial charge in [-0.25, -0.2) is 13.2 Å². The summed E-state index contributed by atoms with van der Waals surface area (Å²) in [5, 5.41) is 5.35. The molecular formula is C11H13F3N2S. The lowest BCUT2D eigenvalue weighted by Gasteiger charge is -2.12. The third kappa shape index (κ3) is 4.22. The van der Waals surface area contributed by atoms with Crippen LogP contribution in [0.1, 0.15) is 13.8 Å².